The van der Waals surface area contributed by atoms with Gasteiger partial charge in [-0.1, -0.05) is 13.3 Å². The predicted octanol–water partition coefficient (Wildman–Crippen LogP) is 1.99. The third kappa shape index (κ3) is 3.67. The lowest BCUT2D eigenvalue weighted by Crippen LogP contribution is -2.41. The van der Waals surface area contributed by atoms with Gasteiger partial charge in [-0.3, -0.25) is 9.78 Å². The summed E-state index contributed by atoms with van der Waals surface area (Å²) in [5, 5.41) is 0. The summed E-state index contributed by atoms with van der Waals surface area (Å²) < 4.78 is 5.84. The van der Waals surface area contributed by atoms with Gasteiger partial charge in [0.15, 0.2) is 0 Å². The molecule has 2 aliphatic rings. The van der Waals surface area contributed by atoms with Crippen molar-refractivity contribution in [3.63, 3.8) is 0 Å². The molecular weight excluding hydrogens is 298 g/mol. The molecule has 1 spiro atoms. The molecule has 122 valence electrons. The van der Waals surface area contributed by atoms with Crippen molar-refractivity contribution in [2.24, 2.45) is 5.41 Å². The van der Waals surface area contributed by atoms with Crippen molar-refractivity contribution >= 4 is 17.2 Å². The van der Waals surface area contributed by atoms with E-state index in [0.29, 0.717) is 19.6 Å². The summed E-state index contributed by atoms with van der Waals surface area (Å²) in [6.45, 7) is 8.31. The normalized spacial score (nSPS) is 26.8. The molecule has 5 nitrogen and oxygen atoms in total. The molecule has 2 aliphatic heterocycles. The minimum atomic E-state index is -0.0218. The quantitative estimate of drug-likeness (QED) is 0.831. The van der Waals surface area contributed by atoms with Crippen LogP contribution in [-0.2, 0) is 16.1 Å². The number of likely N-dealkylation sites (tertiary alicyclic amines) is 1. The number of unbranched alkanes of at least 4 members (excludes halogenated alkanes) is 1. The van der Waals surface area contributed by atoms with E-state index in [0.717, 1.165) is 37.7 Å². The van der Waals surface area contributed by atoms with E-state index in [4.69, 9.17) is 4.74 Å². The lowest BCUT2D eigenvalue weighted by atomic mass is 9.87. The molecule has 0 radical (unpaired) electrons. The molecular formula is C16H25N3O2S. The van der Waals surface area contributed by atoms with E-state index in [-0.39, 0.29) is 11.3 Å². The summed E-state index contributed by atoms with van der Waals surface area (Å²) >= 11 is 1.62. The Morgan fingerprint density at radius 3 is 3.14 bits per heavy atom. The average Bonchev–Trinajstić information content (AvgIpc) is 3.05. The summed E-state index contributed by atoms with van der Waals surface area (Å²) in [5.41, 5.74) is 1.80. The van der Waals surface area contributed by atoms with E-state index in [1.54, 1.807) is 11.3 Å². The van der Waals surface area contributed by atoms with E-state index in [2.05, 4.69) is 16.8 Å². The van der Waals surface area contributed by atoms with E-state index in [1.165, 1.54) is 12.8 Å². The molecule has 0 aliphatic carbocycles. The van der Waals surface area contributed by atoms with Gasteiger partial charge in [0, 0.05) is 42.5 Å². The number of aromatic nitrogens is 1. The number of hydrogen-bond acceptors (Lipinski definition) is 5. The van der Waals surface area contributed by atoms with Crippen molar-refractivity contribution in [1.82, 2.24) is 14.8 Å². The maximum absolute atomic E-state index is 12.4. The van der Waals surface area contributed by atoms with Gasteiger partial charge in [-0.15, -0.1) is 11.3 Å². The molecule has 0 bridgehead atoms. The fourth-order valence-electron chi connectivity index (χ4n) is 3.49. The van der Waals surface area contributed by atoms with Crippen molar-refractivity contribution in [1.29, 1.82) is 0 Å². The van der Waals surface area contributed by atoms with Gasteiger partial charge in [-0.05, 0) is 13.0 Å². The van der Waals surface area contributed by atoms with Crippen LogP contribution in [0.5, 0.6) is 0 Å². The highest BCUT2D eigenvalue weighted by Gasteiger charge is 2.45. The van der Waals surface area contributed by atoms with Gasteiger partial charge in [-0.25, -0.2) is 0 Å². The van der Waals surface area contributed by atoms with Crippen molar-refractivity contribution in [2.75, 3.05) is 39.4 Å². The molecule has 1 amide bonds. The van der Waals surface area contributed by atoms with Crippen LogP contribution in [0, 0.1) is 5.41 Å². The third-order valence-corrected chi connectivity index (χ3v) is 5.35. The van der Waals surface area contributed by atoms with E-state index >= 15 is 0 Å². The third-order valence-electron chi connectivity index (χ3n) is 4.58. The van der Waals surface area contributed by atoms with Gasteiger partial charge in [0.2, 0.25) is 5.91 Å². The molecule has 1 unspecified atom stereocenters. The Hall–Kier alpha value is -0.980. The van der Waals surface area contributed by atoms with E-state index in [9.17, 15) is 4.79 Å². The van der Waals surface area contributed by atoms with Crippen LogP contribution in [0.2, 0.25) is 0 Å². The van der Waals surface area contributed by atoms with Crippen LogP contribution >= 0.6 is 11.3 Å². The van der Waals surface area contributed by atoms with Crippen LogP contribution in [0.15, 0.2) is 11.7 Å². The molecule has 22 heavy (non-hydrogen) atoms. The zero-order valence-corrected chi connectivity index (χ0v) is 14.1. The largest absolute Gasteiger partial charge is 0.379 e. The second kappa shape index (κ2) is 7.06. The van der Waals surface area contributed by atoms with Crippen molar-refractivity contribution < 1.29 is 9.53 Å². The molecule has 1 aromatic rings. The van der Waals surface area contributed by atoms with Crippen molar-refractivity contribution in [2.45, 2.75) is 32.7 Å². The summed E-state index contributed by atoms with van der Waals surface area (Å²) in [7, 11) is 0. The number of nitrogens with zero attached hydrogens (tertiary/aromatic N) is 3. The molecule has 3 rings (SSSR count). The smallest absolute Gasteiger partial charge is 0.223 e. The molecule has 3 heterocycles. The predicted molar refractivity (Wildman–Crippen MR) is 86.7 cm³/mol. The fourth-order valence-corrected chi connectivity index (χ4v) is 4.10. The molecule has 2 saturated heterocycles. The minimum Gasteiger partial charge on any atom is -0.379 e. The standard InChI is InChI=1S/C16H25N3O2S/c1-2-3-4-18-5-6-21-12-16(10-18)7-15(20)19(11-16)9-14-8-17-13-22-14/h8,13H,2-7,9-12H2,1H3. The van der Waals surface area contributed by atoms with Crippen LogP contribution in [0.25, 0.3) is 0 Å². The van der Waals surface area contributed by atoms with Gasteiger partial charge in [-0.2, -0.15) is 0 Å². The van der Waals surface area contributed by atoms with Crippen LogP contribution in [-0.4, -0.2) is 60.1 Å². The molecule has 2 fully saturated rings. The van der Waals surface area contributed by atoms with Crippen LogP contribution in [0.1, 0.15) is 31.1 Å². The molecule has 0 aromatic carbocycles. The Morgan fingerprint density at radius 2 is 2.36 bits per heavy atom. The lowest BCUT2D eigenvalue weighted by molar-refractivity contribution is -0.128. The van der Waals surface area contributed by atoms with Crippen LogP contribution < -0.4 is 0 Å². The topological polar surface area (TPSA) is 45.7 Å². The first kappa shape index (κ1) is 15.9. The molecule has 0 saturated carbocycles. The monoisotopic (exact) mass is 323 g/mol. The summed E-state index contributed by atoms with van der Waals surface area (Å²) in [4.78, 5) is 22.2. The summed E-state index contributed by atoms with van der Waals surface area (Å²) in [6, 6.07) is 0. The molecule has 1 aromatic heterocycles. The Kier molecular flexibility index (Phi) is 5.10. The van der Waals surface area contributed by atoms with Crippen molar-refractivity contribution in [3.05, 3.63) is 16.6 Å². The van der Waals surface area contributed by atoms with Gasteiger partial charge < -0.3 is 14.5 Å². The highest BCUT2D eigenvalue weighted by molar-refractivity contribution is 7.09. The van der Waals surface area contributed by atoms with Gasteiger partial charge in [0.25, 0.3) is 0 Å². The molecule has 6 heteroatoms. The summed E-state index contributed by atoms with van der Waals surface area (Å²) in [5.74, 6) is 0.259. The van der Waals surface area contributed by atoms with Crippen molar-refractivity contribution in [3.8, 4) is 0 Å². The highest BCUT2D eigenvalue weighted by Crippen LogP contribution is 2.35. The number of carbonyl (C=O) groups is 1. The fraction of sp³-hybridized carbons (Fsp3) is 0.750. The van der Waals surface area contributed by atoms with Gasteiger partial charge >= 0.3 is 0 Å². The first-order valence-corrected chi connectivity index (χ1v) is 9.04. The second-order valence-corrected chi connectivity index (χ2v) is 7.55. The number of amides is 1. The average molecular weight is 323 g/mol. The first-order valence-electron chi connectivity index (χ1n) is 8.16. The first-order chi connectivity index (χ1) is 10.7. The Balaban J connectivity index is 1.65. The van der Waals surface area contributed by atoms with E-state index < -0.39 is 0 Å². The minimum absolute atomic E-state index is 0.0218. The lowest BCUT2D eigenvalue weighted by Gasteiger charge is -2.31. The van der Waals surface area contributed by atoms with Gasteiger partial charge in [0.05, 0.1) is 25.3 Å². The molecule has 1 atom stereocenters. The number of ether oxygens (including phenoxy) is 1. The molecule has 0 N–H and O–H groups in total. The zero-order valence-electron chi connectivity index (χ0n) is 13.3. The summed E-state index contributed by atoms with van der Waals surface area (Å²) in [6.07, 6.45) is 4.91. The number of thiazole rings is 1. The maximum atomic E-state index is 12.4. The zero-order chi connectivity index (χ0) is 15.4. The Labute approximate surface area is 136 Å². The number of carbonyl (C=O) groups excluding carboxylic acids is 1. The Bertz CT molecular complexity index is 494. The van der Waals surface area contributed by atoms with E-state index in [1.807, 2.05) is 16.6 Å². The second-order valence-electron chi connectivity index (χ2n) is 6.58. The number of rotatable bonds is 5. The maximum Gasteiger partial charge on any atom is 0.223 e. The SMILES string of the molecule is CCCCN1CCOCC2(CC(=O)N(Cc3cncs3)C2)C1. The van der Waals surface area contributed by atoms with Crippen LogP contribution in [0.3, 0.4) is 0 Å². The number of hydrogen-bond donors (Lipinski definition) is 0. The highest BCUT2D eigenvalue weighted by atomic mass is 32.1. The van der Waals surface area contributed by atoms with Crippen LogP contribution in [0.4, 0.5) is 0 Å². The Morgan fingerprint density at radius 1 is 1.45 bits per heavy atom. The van der Waals surface area contributed by atoms with Gasteiger partial charge in [0.1, 0.15) is 0 Å².